The molecule has 1 aromatic heterocycles. The van der Waals surface area contributed by atoms with Gasteiger partial charge in [-0.3, -0.25) is 9.59 Å². The average molecular weight is 263 g/mol. The zero-order valence-corrected chi connectivity index (χ0v) is 10.6. The molecule has 0 bridgehead atoms. The molecular formula is C12H13N3O2S. The van der Waals surface area contributed by atoms with Crippen molar-refractivity contribution >= 4 is 22.9 Å². The van der Waals surface area contributed by atoms with Crippen molar-refractivity contribution in [1.29, 1.82) is 0 Å². The van der Waals surface area contributed by atoms with Crippen LogP contribution in [0.3, 0.4) is 0 Å². The van der Waals surface area contributed by atoms with Gasteiger partial charge in [0.25, 0.3) is 5.91 Å². The number of amides is 1. The number of nitrogen functional groups attached to an aromatic ring is 1. The quantitative estimate of drug-likeness (QED) is 0.728. The van der Waals surface area contributed by atoms with Crippen LogP contribution in [-0.2, 0) is 6.54 Å². The fourth-order valence-electron chi connectivity index (χ4n) is 1.46. The summed E-state index contributed by atoms with van der Waals surface area (Å²) in [6, 6.07) is 5.16. The van der Waals surface area contributed by atoms with Crippen molar-refractivity contribution in [3.8, 4) is 0 Å². The maximum absolute atomic E-state index is 11.8. The van der Waals surface area contributed by atoms with E-state index in [9.17, 15) is 9.59 Å². The fraction of sp³-hybridized carbons (Fsp3) is 0.167. The zero-order valence-electron chi connectivity index (χ0n) is 9.82. The summed E-state index contributed by atoms with van der Waals surface area (Å²) < 4.78 is 0. The lowest BCUT2D eigenvalue weighted by atomic mass is 10.1. The van der Waals surface area contributed by atoms with Crippen molar-refractivity contribution in [2.45, 2.75) is 13.5 Å². The lowest BCUT2D eigenvalue weighted by Crippen LogP contribution is -2.23. The summed E-state index contributed by atoms with van der Waals surface area (Å²) >= 11 is 1.07. The summed E-state index contributed by atoms with van der Waals surface area (Å²) in [6.07, 6.45) is 0. The molecule has 2 aromatic rings. The summed E-state index contributed by atoms with van der Waals surface area (Å²) in [4.78, 5) is 25.3. The van der Waals surface area contributed by atoms with Gasteiger partial charge in [0.2, 0.25) is 0 Å². The average Bonchev–Trinajstić information content (AvgIpc) is 2.75. The number of aryl methyl sites for hydroxylation is 1. The molecule has 0 saturated heterocycles. The van der Waals surface area contributed by atoms with Gasteiger partial charge in [-0.15, -0.1) is 0 Å². The molecule has 0 aliphatic heterocycles. The Bertz CT molecular complexity index is 630. The molecule has 1 heterocycles. The van der Waals surface area contributed by atoms with E-state index in [1.165, 1.54) is 0 Å². The van der Waals surface area contributed by atoms with Crippen molar-refractivity contribution in [1.82, 2.24) is 10.3 Å². The standard InChI is InChI=1S/C12H13N3O2S/c1-7-2-3-8(4-10(7)13)11(16)14-5-9-6-18-12(17)15-9/h2-4,6H,5,13H2,1H3,(H,14,16)(H,15,17). The molecule has 2 rings (SSSR count). The lowest BCUT2D eigenvalue weighted by molar-refractivity contribution is 0.0950. The Morgan fingerprint density at radius 1 is 1.50 bits per heavy atom. The Morgan fingerprint density at radius 2 is 2.28 bits per heavy atom. The first-order valence-corrected chi connectivity index (χ1v) is 6.25. The second-order valence-corrected chi connectivity index (χ2v) is 4.77. The Balaban J connectivity index is 2.03. The molecule has 0 fully saturated rings. The van der Waals surface area contributed by atoms with E-state index in [4.69, 9.17) is 5.73 Å². The summed E-state index contributed by atoms with van der Waals surface area (Å²) in [6.45, 7) is 2.18. The number of carbonyl (C=O) groups is 1. The van der Waals surface area contributed by atoms with Gasteiger partial charge in [0.05, 0.1) is 6.54 Å². The number of aromatic amines is 1. The van der Waals surface area contributed by atoms with E-state index >= 15 is 0 Å². The Hall–Kier alpha value is -2.08. The second kappa shape index (κ2) is 5.05. The Kier molecular flexibility index (Phi) is 3.47. The minimum atomic E-state index is -0.214. The van der Waals surface area contributed by atoms with Crippen molar-refractivity contribution in [3.05, 3.63) is 50.1 Å². The molecule has 0 unspecified atom stereocenters. The highest BCUT2D eigenvalue weighted by Crippen LogP contribution is 2.12. The second-order valence-electron chi connectivity index (χ2n) is 3.93. The molecule has 0 spiro atoms. The highest BCUT2D eigenvalue weighted by molar-refractivity contribution is 7.07. The minimum absolute atomic E-state index is 0.126. The number of hydrogen-bond acceptors (Lipinski definition) is 4. The lowest BCUT2D eigenvalue weighted by Gasteiger charge is -2.06. The van der Waals surface area contributed by atoms with Gasteiger partial charge in [0.15, 0.2) is 0 Å². The number of aromatic nitrogens is 1. The number of nitrogens with one attached hydrogen (secondary N) is 2. The maximum atomic E-state index is 11.8. The molecule has 0 atom stereocenters. The highest BCUT2D eigenvalue weighted by atomic mass is 32.1. The maximum Gasteiger partial charge on any atom is 0.304 e. The van der Waals surface area contributed by atoms with Crippen LogP contribution >= 0.6 is 11.3 Å². The first-order chi connectivity index (χ1) is 8.56. The number of nitrogens with two attached hydrogens (primary N) is 1. The molecule has 6 heteroatoms. The molecule has 0 radical (unpaired) electrons. The van der Waals surface area contributed by atoms with Crippen LogP contribution in [0, 0.1) is 6.92 Å². The van der Waals surface area contributed by atoms with E-state index in [-0.39, 0.29) is 10.8 Å². The van der Waals surface area contributed by atoms with Crippen LogP contribution < -0.4 is 15.9 Å². The monoisotopic (exact) mass is 263 g/mol. The molecule has 0 saturated carbocycles. The van der Waals surface area contributed by atoms with Crippen LogP contribution in [0.25, 0.3) is 0 Å². The third-order valence-corrected chi connectivity index (χ3v) is 3.27. The van der Waals surface area contributed by atoms with Gasteiger partial charge in [0, 0.05) is 22.3 Å². The van der Waals surface area contributed by atoms with Crippen LogP contribution in [0.15, 0.2) is 28.4 Å². The fourth-order valence-corrected chi connectivity index (χ4v) is 2.04. The third-order valence-electron chi connectivity index (χ3n) is 2.55. The summed E-state index contributed by atoms with van der Waals surface area (Å²) in [5.41, 5.74) is 8.47. The first kappa shape index (κ1) is 12.4. The van der Waals surface area contributed by atoms with Crippen molar-refractivity contribution in [3.63, 3.8) is 0 Å². The van der Waals surface area contributed by atoms with Crippen LogP contribution in [0.4, 0.5) is 5.69 Å². The van der Waals surface area contributed by atoms with Crippen molar-refractivity contribution < 1.29 is 4.79 Å². The summed E-state index contributed by atoms with van der Waals surface area (Å²) in [5, 5.41) is 4.40. The smallest absolute Gasteiger partial charge is 0.304 e. The predicted octanol–water partition coefficient (Wildman–Crippen LogP) is 1.26. The van der Waals surface area contributed by atoms with E-state index < -0.39 is 0 Å². The van der Waals surface area contributed by atoms with E-state index in [1.807, 2.05) is 6.92 Å². The van der Waals surface area contributed by atoms with E-state index in [1.54, 1.807) is 23.6 Å². The molecular weight excluding hydrogens is 250 g/mol. The predicted molar refractivity (Wildman–Crippen MR) is 71.7 cm³/mol. The number of rotatable bonds is 3. The zero-order chi connectivity index (χ0) is 13.1. The topological polar surface area (TPSA) is 88.0 Å². The molecule has 0 aliphatic carbocycles. The van der Waals surface area contributed by atoms with Crippen molar-refractivity contribution in [2.24, 2.45) is 0 Å². The van der Waals surface area contributed by atoms with Gasteiger partial charge < -0.3 is 16.0 Å². The molecule has 1 amide bonds. The van der Waals surface area contributed by atoms with Crippen molar-refractivity contribution in [2.75, 3.05) is 5.73 Å². The van der Waals surface area contributed by atoms with Gasteiger partial charge in [-0.1, -0.05) is 17.4 Å². The Morgan fingerprint density at radius 3 is 2.89 bits per heavy atom. The summed E-state index contributed by atoms with van der Waals surface area (Å²) in [7, 11) is 0. The molecule has 94 valence electrons. The van der Waals surface area contributed by atoms with Gasteiger partial charge >= 0.3 is 4.87 Å². The van der Waals surface area contributed by atoms with Gasteiger partial charge in [0.1, 0.15) is 0 Å². The molecule has 4 N–H and O–H groups in total. The number of carbonyl (C=O) groups excluding carboxylic acids is 1. The molecule has 1 aromatic carbocycles. The van der Waals surface area contributed by atoms with Crippen LogP contribution in [0.1, 0.15) is 21.6 Å². The SMILES string of the molecule is Cc1ccc(C(=O)NCc2csc(=O)[nH]2)cc1N. The van der Waals surface area contributed by atoms with E-state index in [0.29, 0.717) is 23.5 Å². The highest BCUT2D eigenvalue weighted by Gasteiger charge is 2.07. The van der Waals surface area contributed by atoms with E-state index in [0.717, 1.165) is 16.9 Å². The number of hydrogen-bond donors (Lipinski definition) is 3. The molecule has 0 aliphatic rings. The number of H-pyrrole nitrogens is 1. The van der Waals surface area contributed by atoms with Gasteiger partial charge in [-0.25, -0.2) is 0 Å². The van der Waals surface area contributed by atoms with Crippen LogP contribution in [-0.4, -0.2) is 10.9 Å². The molecule has 5 nitrogen and oxygen atoms in total. The Labute approximate surface area is 108 Å². The minimum Gasteiger partial charge on any atom is -0.398 e. The summed E-state index contributed by atoms with van der Waals surface area (Å²) in [5.74, 6) is -0.214. The number of anilines is 1. The number of benzene rings is 1. The largest absolute Gasteiger partial charge is 0.398 e. The molecule has 18 heavy (non-hydrogen) atoms. The normalized spacial score (nSPS) is 10.3. The third kappa shape index (κ3) is 2.78. The van der Waals surface area contributed by atoms with E-state index in [2.05, 4.69) is 10.3 Å². The first-order valence-electron chi connectivity index (χ1n) is 5.37. The van der Waals surface area contributed by atoms with Gasteiger partial charge in [-0.2, -0.15) is 0 Å². The number of thiazole rings is 1. The van der Waals surface area contributed by atoms with Crippen LogP contribution in [0.5, 0.6) is 0 Å². The van der Waals surface area contributed by atoms with Gasteiger partial charge in [-0.05, 0) is 24.6 Å². The van der Waals surface area contributed by atoms with Crippen LogP contribution in [0.2, 0.25) is 0 Å².